The third-order valence-corrected chi connectivity index (χ3v) is 3.96. The lowest BCUT2D eigenvalue weighted by Gasteiger charge is -2.18. The predicted octanol–water partition coefficient (Wildman–Crippen LogP) is 4.63. The summed E-state index contributed by atoms with van der Waals surface area (Å²) in [6.45, 7) is 6.68. The van der Waals surface area contributed by atoms with Crippen molar-refractivity contribution in [2.24, 2.45) is 0 Å². The van der Waals surface area contributed by atoms with Gasteiger partial charge in [-0.25, -0.2) is 0 Å². The molecule has 0 saturated carbocycles. The van der Waals surface area contributed by atoms with Gasteiger partial charge >= 0.3 is 0 Å². The maximum atomic E-state index is 5.92. The fourth-order valence-electron chi connectivity index (χ4n) is 1.66. The molecule has 0 saturated heterocycles. The Labute approximate surface area is 102 Å². The Kier molecular flexibility index (Phi) is 5.65. The molecule has 1 aromatic heterocycles. The van der Waals surface area contributed by atoms with Gasteiger partial charge in [-0.15, -0.1) is 11.3 Å². The van der Waals surface area contributed by atoms with E-state index in [1.807, 2.05) is 6.07 Å². The summed E-state index contributed by atoms with van der Waals surface area (Å²) in [6, 6.07) is 5.07. The molecule has 0 aliphatic carbocycles. The smallest absolute Gasteiger partial charge is 0.0931 e. The van der Waals surface area contributed by atoms with E-state index in [9.17, 15) is 0 Å². The Balaban J connectivity index is 2.38. The maximum Gasteiger partial charge on any atom is 0.0931 e. The van der Waals surface area contributed by atoms with Crippen LogP contribution in [-0.2, 0) is 0 Å². The molecule has 86 valence electrons. The number of hydrogen-bond donors (Lipinski definition) is 1. The van der Waals surface area contributed by atoms with Gasteiger partial charge in [-0.2, -0.15) is 0 Å². The van der Waals surface area contributed by atoms with Gasteiger partial charge in [-0.1, -0.05) is 31.4 Å². The summed E-state index contributed by atoms with van der Waals surface area (Å²) in [7, 11) is 0. The molecule has 0 fully saturated rings. The monoisotopic (exact) mass is 245 g/mol. The van der Waals surface area contributed by atoms with Crippen molar-refractivity contribution in [2.45, 2.75) is 52.1 Å². The number of rotatable bonds is 6. The van der Waals surface area contributed by atoms with Gasteiger partial charge in [-0.05, 0) is 32.4 Å². The van der Waals surface area contributed by atoms with Crippen LogP contribution in [0.4, 0.5) is 0 Å². The molecule has 2 unspecified atom stereocenters. The molecule has 0 aliphatic rings. The second-order valence-electron chi connectivity index (χ2n) is 4.07. The third-order valence-electron chi connectivity index (χ3n) is 2.55. The molecule has 0 aliphatic heterocycles. The second-order valence-corrected chi connectivity index (χ2v) is 5.82. The lowest BCUT2D eigenvalue weighted by atomic mass is 10.1. The van der Waals surface area contributed by atoms with Crippen LogP contribution in [0.15, 0.2) is 12.1 Å². The van der Waals surface area contributed by atoms with Gasteiger partial charge in [-0.3, -0.25) is 0 Å². The van der Waals surface area contributed by atoms with E-state index in [-0.39, 0.29) is 0 Å². The molecule has 0 radical (unpaired) electrons. The van der Waals surface area contributed by atoms with Crippen molar-refractivity contribution in [2.75, 3.05) is 0 Å². The third kappa shape index (κ3) is 4.54. The molecule has 3 heteroatoms. The van der Waals surface area contributed by atoms with Crippen molar-refractivity contribution in [3.63, 3.8) is 0 Å². The Hall–Kier alpha value is -0.0500. The van der Waals surface area contributed by atoms with Crippen LogP contribution >= 0.6 is 22.9 Å². The summed E-state index contributed by atoms with van der Waals surface area (Å²) in [5.74, 6) is 0. The molecule has 1 nitrogen and oxygen atoms in total. The predicted molar refractivity (Wildman–Crippen MR) is 69.9 cm³/mol. The lowest BCUT2D eigenvalue weighted by Crippen LogP contribution is -2.28. The summed E-state index contributed by atoms with van der Waals surface area (Å²) < 4.78 is 0.875. The molecule has 0 aromatic carbocycles. The van der Waals surface area contributed by atoms with Crippen LogP contribution < -0.4 is 5.32 Å². The standard InChI is InChI=1S/C12H20ClNS/c1-4-5-6-9(2)14-10(3)11-7-8-12(13)15-11/h7-10,14H,4-6H2,1-3H3. The minimum Gasteiger partial charge on any atom is -0.307 e. The average Bonchev–Trinajstić information content (AvgIpc) is 2.61. The van der Waals surface area contributed by atoms with Gasteiger partial charge in [0, 0.05) is 17.0 Å². The van der Waals surface area contributed by atoms with Crippen molar-refractivity contribution in [1.29, 1.82) is 0 Å². The first-order chi connectivity index (χ1) is 7.13. The number of nitrogens with one attached hydrogen (secondary N) is 1. The second kappa shape index (κ2) is 6.51. The van der Waals surface area contributed by atoms with Crippen LogP contribution in [-0.4, -0.2) is 6.04 Å². The molecule has 0 bridgehead atoms. The van der Waals surface area contributed by atoms with Crippen LogP contribution in [0, 0.1) is 0 Å². The van der Waals surface area contributed by atoms with Gasteiger partial charge in [0.05, 0.1) is 4.34 Å². The van der Waals surface area contributed by atoms with Crippen LogP contribution in [0.5, 0.6) is 0 Å². The molecule has 1 heterocycles. The Morgan fingerprint density at radius 2 is 2.13 bits per heavy atom. The SMILES string of the molecule is CCCCC(C)NC(C)c1ccc(Cl)s1. The quantitative estimate of drug-likeness (QED) is 0.771. The van der Waals surface area contributed by atoms with Crippen molar-refractivity contribution in [1.82, 2.24) is 5.32 Å². The molecular weight excluding hydrogens is 226 g/mol. The Bertz CT molecular complexity index is 285. The van der Waals surface area contributed by atoms with E-state index in [0.29, 0.717) is 12.1 Å². The fraction of sp³-hybridized carbons (Fsp3) is 0.667. The fourth-order valence-corrected chi connectivity index (χ4v) is 2.74. The van der Waals surface area contributed by atoms with Crippen LogP contribution in [0.1, 0.15) is 51.0 Å². The van der Waals surface area contributed by atoms with Crippen LogP contribution in [0.2, 0.25) is 4.34 Å². The highest BCUT2D eigenvalue weighted by Gasteiger charge is 2.10. The molecule has 0 spiro atoms. The van der Waals surface area contributed by atoms with Gasteiger partial charge in [0.2, 0.25) is 0 Å². The zero-order valence-corrected chi connectivity index (χ0v) is 11.3. The van der Waals surface area contributed by atoms with Crippen molar-refractivity contribution in [3.8, 4) is 0 Å². The largest absolute Gasteiger partial charge is 0.307 e. The zero-order valence-electron chi connectivity index (χ0n) is 9.72. The number of unbranched alkanes of at least 4 members (excludes halogenated alkanes) is 1. The van der Waals surface area contributed by atoms with Crippen molar-refractivity contribution >= 4 is 22.9 Å². The molecule has 1 N–H and O–H groups in total. The zero-order chi connectivity index (χ0) is 11.3. The number of halogens is 1. The summed E-state index contributed by atoms with van der Waals surface area (Å²) >= 11 is 7.58. The highest BCUT2D eigenvalue weighted by atomic mass is 35.5. The maximum absolute atomic E-state index is 5.92. The first-order valence-electron chi connectivity index (χ1n) is 5.64. The van der Waals surface area contributed by atoms with E-state index in [1.165, 1.54) is 24.1 Å². The van der Waals surface area contributed by atoms with Crippen LogP contribution in [0.25, 0.3) is 0 Å². The first-order valence-corrected chi connectivity index (χ1v) is 6.84. The van der Waals surface area contributed by atoms with E-state index >= 15 is 0 Å². The molecule has 2 atom stereocenters. The summed E-state index contributed by atoms with van der Waals surface area (Å²) in [6.07, 6.45) is 3.82. The van der Waals surface area contributed by atoms with Crippen LogP contribution in [0.3, 0.4) is 0 Å². The van der Waals surface area contributed by atoms with E-state index in [4.69, 9.17) is 11.6 Å². The van der Waals surface area contributed by atoms with Crippen molar-refractivity contribution in [3.05, 3.63) is 21.3 Å². The Morgan fingerprint density at radius 3 is 2.67 bits per heavy atom. The van der Waals surface area contributed by atoms with E-state index in [0.717, 1.165) is 4.34 Å². The number of hydrogen-bond acceptors (Lipinski definition) is 2. The number of thiophene rings is 1. The summed E-state index contributed by atoms with van der Waals surface area (Å²) in [5.41, 5.74) is 0. The average molecular weight is 246 g/mol. The van der Waals surface area contributed by atoms with E-state index in [1.54, 1.807) is 11.3 Å². The first kappa shape index (κ1) is 13.0. The van der Waals surface area contributed by atoms with Gasteiger partial charge < -0.3 is 5.32 Å². The molecular formula is C12H20ClNS. The summed E-state index contributed by atoms with van der Waals surface area (Å²) in [5, 5.41) is 3.60. The van der Waals surface area contributed by atoms with Crippen molar-refractivity contribution < 1.29 is 0 Å². The van der Waals surface area contributed by atoms with E-state index in [2.05, 4.69) is 32.2 Å². The topological polar surface area (TPSA) is 12.0 Å². The molecule has 1 rings (SSSR count). The highest BCUT2D eigenvalue weighted by Crippen LogP contribution is 2.27. The Morgan fingerprint density at radius 1 is 1.40 bits per heavy atom. The minimum absolute atomic E-state index is 0.411. The van der Waals surface area contributed by atoms with Gasteiger partial charge in [0.15, 0.2) is 0 Å². The van der Waals surface area contributed by atoms with E-state index < -0.39 is 0 Å². The highest BCUT2D eigenvalue weighted by molar-refractivity contribution is 7.16. The normalized spacial score (nSPS) is 15.2. The molecule has 15 heavy (non-hydrogen) atoms. The molecule has 0 amide bonds. The summed E-state index contributed by atoms with van der Waals surface area (Å²) in [4.78, 5) is 1.32. The lowest BCUT2D eigenvalue weighted by molar-refractivity contribution is 0.448. The molecule has 1 aromatic rings. The van der Waals surface area contributed by atoms with Gasteiger partial charge in [0.25, 0.3) is 0 Å². The van der Waals surface area contributed by atoms with Gasteiger partial charge in [0.1, 0.15) is 0 Å². The minimum atomic E-state index is 0.411.